The Morgan fingerprint density at radius 3 is 2.51 bits per heavy atom. The topological polar surface area (TPSA) is 164 Å². The number of nitrogens with one attached hydrogen (secondary N) is 2. The number of amides is 4. The van der Waals surface area contributed by atoms with Gasteiger partial charge in [0.25, 0.3) is 11.8 Å². The molecule has 1 unspecified atom stereocenters. The molecule has 0 spiro atoms. The van der Waals surface area contributed by atoms with Crippen LogP contribution >= 0.6 is 0 Å². The van der Waals surface area contributed by atoms with Crippen LogP contribution in [-0.2, 0) is 22.6 Å². The number of rotatable bonds is 16. The Hall–Kier alpha value is -5.57. The van der Waals surface area contributed by atoms with Crippen LogP contribution in [0.1, 0.15) is 109 Å². The lowest BCUT2D eigenvalue weighted by molar-refractivity contribution is -0.136. The number of likely N-dealkylation sites (tertiary alicyclic amines) is 1. The number of hydrogen-bond donors (Lipinski definition) is 2. The minimum absolute atomic E-state index is 0.0727. The van der Waals surface area contributed by atoms with E-state index in [2.05, 4.69) is 78.7 Å². The fourth-order valence-corrected chi connectivity index (χ4v) is 7.78. The summed E-state index contributed by atoms with van der Waals surface area (Å²) in [6.07, 6.45) is 8.69. The standard InChI is InChI=1S/C42H53N9O6/c1-26(2)31-25-44-51-37(31)46-42(57-29-18-20-49(5)21-19-29)47-41(51)43-24-28-15-14-27(23-33(28)48(3)4)11-8-6-7-9-22-56-34-13-10-12-30-36(34)40(55)50(39(30)54)32-16-17-35(52)45-38(32)53/h10,12-15,23,25-26,29,32H,6-9,11,16-22,24H2,1-5H3,(H,43,46,47)(H,45,52,53). The van der Waals surface area contributed by atoms with Gasteiger partial charge in [-0.1, -0.05) is 44.9 Å². The van der Waals surface area contributed by atoms with Gasteiger partial charge in [-0.3, -0.25) is 29.4 Å². The zero-order valence-electron chi connectivity index (χ0n) is 33.5. The Morgan fingerprint density at radius 2 is 1.75 bits per heavy atom. The van der Waals surface area contributed by atoms with Crippen molar-refractivity contribution in [1.82, 2.24) is 34.7 Å². The van der Waals surface area contributed by atoms with E-state index >= 15 is 0 Å². The number of carbonyl (C=O) groups is 4. The highest BCUT2D eigenvalue weighted by Gasteiger charge is 2.46. The van der Waals surface area contributed by atoms with Crippen LogP contribution in [0.4, 0.5) is 11.6 Å². The number of aryl methyl sites for hydroxylation is 1. The maximum atomic E-state index is 13.3. The van der Waals surface area contributed by atoms with Gasteiger partial charge in [-0.15, -0.1) is 0 Å². The number of ether oxygens (including phenoxy) is 2. The van der Waals surface area contributed by atoms with Gasteiger partial charge in [-0.25, -0.2) is 0 Å². The molecule has 3 aliphatic rings. The number of hydrogen-bond acceptors (Lipinski definition) is 12. The van der Waals surface area contributed by atoms with Crippen molar-refractivity contribution in [1.29, 1.82) is 0 Å². The molecule has 15 heteroatoms. The van der Waals surface area contributed by atoms with E-state index in [0.717, 1.165) is 85.4 Å². The van der Waals surface area contributed by atoms with Crippen LogP contribution in [0.15, 0.2) is 42.6 Å². The Bertz CT molecular complexity index is 2140. The number of anilines is 2. The predicted molar refractivity (Wildman–Crippen MR) is 215 cm³/mol. The fraction of sp³-hybridized carbons (Fsp3) is 0.500. The van der Waals surface area contributed by atoms with Gasteiger partial charge in [0.1, 0.15) is 17.9 Å². The summed E-state index contributed by atoms with van der Waals surface area (Å²) >= 11 is 0. The van der Waals surface area contributed by atoms with E-state index in [1.165, 1.54) is 5.56 Å². The van der Waals surface area contributed by atoms with Crippen LogP contribution in [0, 0.1) is 0 Å². The molecule has 7 rings (SSSR count). The van der Waals surface area contributed by atoms with E-state index in [-0.39, 0.29) is 36.0 Å². The molecule has 0 saturated carbocycles. The largest absolute Gasteiger partial charge is 0.493 e. The summed E-state index contributed by atoms with van der Waals surface area (Å²) in [6, 6.07) is 10.9. The van der Waals surface area contributed by atoms with E-state index in [1.807, 2.05) is 6.20 Å². The second-order valence-electron chi connectivity index (χ2n) is 15.8. The van der Waals surface area contributed by atoms with E-state index < -0.39 is 29.7 Å². The highest BCUT2D eigenvalue weighted by Crippen LogP contribution is 2.34. The van der Waals surface area contributed by atoms with Gasteiger partial charge in [-0.05, 0) is 80.8 Å². The lowest BCUT2D eigenvalue weighted by Crippen LogP contribution is -2.54. The van der Waals surface area contributed by atoms with Crippen molar-refractivity contribution in [3.05, 3.63) is 70.4 Å². The number of aromatic nitrogens is 4. The summed E-state index contributed by atoms with van der Waals surface area (Å²) < 4.78 is 14.1. The number of fused-ring (bicyclic) bond motifs is 2. The molecule has 4 amide bonds. The Balaban J connectivity index is 0.914. The number of piperidine rings is 2. The molecule has 2 aromatic carbocycles. The molecule has 0 radical (unpaired) electrons. The molecule has 2 fully saturated rings. The maximum absolute atomic E-state index is 13.3. The molecule has 15 nitrogen and oxygen atoms in total. The number of carbonyl (C=O) groups excluding carboxylic acids is 4. The van der Waals surface area contributed by atoms with E-state index in [9.17, 15) is 19.2 Å². The second kappa shape index (κ2) is 17.3. The molecule has 57 heavy (non-hydrogen) atoms. The SMILES string of the molecule is CC(C)c1cnn2c(NCc3ccc(CCCCCCOc4cccc5c4C(=O)N(C4CCC(=O)NC4=O)C5=O)cc3N(C)C)nc(OC3CCN(C)CC3)nc12. The summed E-state index contributed by atoms with van der Waals surface area (Å²) in [7, 11) is 6.24. The first kappa shape index (κ1) is 39.7. The molecule has 5 heterocycles. The number of nitrogens with zero attached hydrogens (tertiary/aromatic N) is 7. The van der Waals surface area contributed by atoms with Gasteiger partial charge in [-0.2, -0.15) is 19.6 Å². The summed E-state index contributed by atoms with van der Waals surface area (Å²) in [4.78, 5) is 65.5. The molecule has 2 N–H and O–H groups in total. The average molecular weight is 780 g/mol. The Labute approximate surface area is 333 Å². The van der Waals surface area contributed by atoms with Crippen molar-refractivity contribution in [3.63, 3.8) is 0 Å². The molecule has 1 atom stereocenters. The molecular formula is C42H53N9O6. The van der Waals surface area contributed by atoms with Crippen molar-refractivity contribution in [3.8, 4) is 11.8 Å². The predicted octanol–water partition coefficient (Wildman–Crippen LogP) is 4.98. The van der Waals surface area contributed by atoms with Gasteiger partial charge in [0.05, 0.1) is 23.9 Å². The normalized spacial score (nSPS) is 17.7. The lowest BCUT2D eigenvalue weighted by atomic mass is 10.0. The first-order valence-electron chi connectivity index (χ1n) is 20.1. The zero-order chi connectivity index (χ0) is 40.2. The molecule has 3 aliphatic heterocycles. The third kappa shape index (κ3) is 8.73. The molecule has 0 bridgehead atoms. The fourth-order valence-electron chi connectivity index (χ4n) is 7.78. The molecule has 302 valence electrons. The number of imide groups is 2. The third-order valence-corrected chi connectivity index (χ3v) is 11.1. The van der Waals surface area contributed by atoms with Gasteiger partial charge in [0.2, 0.25) is 17.8 Å². The van der Waals surface area contributed by atoms with Crippen molar-refractivity contribution in [2.45, 2.75) is 96.2 Å². The first-order valence-corrected chi connectivity index (χ1v) is 20.1. The molecule has 2 saturated heterocycles. The lowest BCUT2D eigenvalue weighted by Gasteiger charge is -2.28. The number of benzene rings is 2. The van der Waals surface area contributed by atoms with Gasteiger partial charge in [0, 0.05) is 51.4 Å². The smallest absolute Gasteiger partial charge is 0.322 e. The first-order chi connectivity index (χ1) is 27.5. The molecule has 2 aromatic heterocycles. The van der Waals surface area contributed by atoms with Gasteiger partial charge < -0.3 is 24.6 Å². The monoisotopic (exact) mass is 779 g/mol. The van der Waals surface area contributed by atoms with Crippen molar-refractivity contribution < 1.29 is 28.7 Å². The van der Waals surface area contributed by atoms with Crippen LogP contribution in [0.3, 0.4) is 0 Å². The van der Waals surface area contributed by atoms with E-state index in [4.69, 9.17) is 19.4 Å². The quantitative estimate of drug-likeness (QED) is 0.116. The molecule has 0 aliphatic carbocycles. The van der Waals surface area contributed by atoms with Crippen molar-refractivity contribution >= 4 is 40.9 Å². The van der Waals surface area contributed by atoms with Crippen LogP contribution in [0.2, 0.25) is 0 Å². The Kier molecular flexibility index (Phi) is 12.0. The molecule has 4 aromatic rings. The van der Waals surface area contributed by atoms with Crippen LogP contribution < -0.4 is 25.0 Å². The highest BCUT2D eigenvalue weighted by molar-refractivity contribution is 6.24. The van der Waals surface area contributed by atoms with E-state index in [1.54, 1.807) is 22.7 Å². The molecular weight excluding hydrogens is 727 g/mol. The van der Waals surface area contributed by atoms with Crippen molar-refractivity contribution in [2.24, 2.45) is 0 Å². The van der Waals surface area contributed by atoms with E-state index in [0.29, 0.717) is 30.9 Å². The summed E-state index contributed by atoms with van der Waals surface area (Å²) in [6.45, 7) is 7.19. The van der Waals surface area contributed by atoms with Gasteiger partial charge >= 0.3 is 6.01 Å². The maximum Gasteiger partial charge on any atom is 0.322 e. The minimum atomic E-state index is -1.01. The van der Waals surface area contributed by atoms with Crippen molar-refractivity contribution in [2.75, 3.05) is 51.1 Å². The zero-order valence-corrected chi connectivity index (χ0v) is 33.5. The second-order valence-corrected chi connectivity index (χ2v) is 15.8. The summed E-state index contributed by atoms with van der Waals surface area (Å²) in [5, 5.41) is 10.4. The van der Waals surface area contributed by atoms with Crippen LogP contribution in [0.25, 0.3) is 5.65 Å². The summed E-state index contributed by atoms with van der Waals surface area (Å²) in [5.41, 5.74) is 5.72. The average Bonchev–Trinajstić information content (AvgIpc) is 3.73. The third-order valence-electron chi connectivity index (χ3n) is 11.1. The van der Waals surface area contributed by atoms with Gasteiger partial charge in [0.15, 0.2) is 5.65 Å². The highest BCUT2D eigenvalue weighted by atomic mass is 16.5. The summed E-state index contributed by atoms with van der Waals surface area (Å²) in [5.74, 6) is -0.963. The van der Waals surface area contributed by atoms with Crippen LogP contribution in [-0.4, -0.2) is 106 Å². The Morgan fingerprint density at radius 1 is 0.965 bits per heavy atom. The number of unbranched alkanes of at least 4 members (excludes halogenated alkanes) is 3. The van der Waals surface area contributed by atoms with Crippen LogP contribution in [0.5, 0.6) is 11.8 Å². The minimum Gasteiger partial charge on any atom is -0.493 e.